The zero-order valence-corrected chi connectivity index (χ0v) is 16.5. The molecule has 0 saturated heterocycles. The fourth-order valence-corrected chi connectivity index (χ4v) is 3.07. The van der Waals surface area contributed by atoms with Gasteiger partial charge in [-0.25, -0.2) is 4.98 Å². The molecule has 6 heteroatoms. The summed E-state index contributed by atoms with van der Waals surface area (Å²) in [7, 11) is 4.01. The van der Waals surface area contributed by atoms with Crippen molar-refractivity contribution in [2.75, 3.05) is 27.2 Å². The summed E-state index contributed by atoms with van der Waals surface area (Å²) in [6.07, 6.45) is 0. The fraction of sp³-hybridized carbons (Fsp3) is 0.474. The summed E-state index contributed by atoms with van der Waals surface area (Å²) in [5.74, 6) is 0.969. The van der Waals surface area contributed by atoms with Crippen LogP contribution in [-0.4, -0.2) is 47.9 Å². The number of aryl methyl sites for hydroxylation is 1. The molecule has 0 spiro atoms. The number of hydrogen-bond acceptors (Lipinski definition) is 5. The number of rotatable bonds is 8. The summed E-state index contributed by atoms with van der Waals surface area (Å²) in [6.45, 7) is 8.28. The van der Waals surface area contributed by atoms with Gasteiger partial charge in [0.25, 0.3) is 0 Å². The minimum Gasteiger partial charge on any atom is -0.486 e. The highest BCUT2D eigenvalue weighted by Crippen LogP contribution is 2.22. The molecule has 136 valence electrons. The number of thiazole rings is 1. The van der Waals surface area contributed by atoms with Gasteiger partial charge in [-0.3, -0.25) is 4.79 Å². The fourth-order valence-electron chi connectivity index (χ4n) is 2.37. The predicted octanol–water partition coefficient (Wildman–Crippen LogP) is 3.25. The van der Waals surface area contributed by atoms with E-state index in [1.54, 1.807) is 18.3 Å². The molecule has 0 atom stereocenters. The first-order valence-electron chi connectivity index (χ1n) is 8.39. The number of likely N-dealkylation sites (N-methyl/N-ethyl adjacent to an activating group) is 1. The van der Waals surface area contributed by atoms with Crippen molar-refractivity contribution >= 4 is 17.2 Å². The first kappa shape index (κ1) is 19.4. The predicted molar refractivity (Wildman–Crippen MR) is 102 cm³/mol. The van der Waals surface area contributed by atoms with Gasteiger partial charge in [-0.05, 0) is 45.1 Å². The van der Waals surface area contributed by atoms with Gasteiger partial charge in [0.2, 0.25) is 5.91 Å². The number of ether oxygens (including phenoxy) is 1. The quantitative estimate of drug-likeness (QED) is 0.724. The molecule has 0 unspecified atom stereocenters. The van der Waals surface area contributed by atoms with Gasteiger partial charge in [0.15, 0.2) is 0 Å². The van der Waals surface area contributed by atoms with Crippen LogP contribution in [0.25, 0.3) is 0 Å². The first-order valence-corrected chi connectivity index (χ1v) is 9.27. The van der Waals surface area contributed by atoms with Gasteiger partial charge in [0.05, 0.1) is 12.2 Å². The summed E-state index contributed by atoms with van der Waals surface area (Å²) in [4.78, 5) is 20.3. The Morgan fingerprint density at radius 1 is 1.24 bits per heavy atom. The molecule has 2 rings (SSSR count). The van der Waals surface area contributed by atoms with Crippen LogP contribution in [0, 0.1) is 13.8 Å². The average molecular weight is 362 g/mol. The van der Waals surface area contributed by atoms with E-state index in [9.17, 15) is 4.79 Å². The minimum atomic E-state index is 0.0723. The Kier molecular flexibility index (Phi) is 6.96. The molecule has 0 aliphatic carbocycles. The maximum Gasteiger partial charge on any atom is 0.219 e. The van der Waals surface area contributed by atoms with E-state index in [0.717, 1.165) is 28.6 Å². The van der Waals surface area contributed by atoms with Gasteiger partial charge < -0.3 is 14.5 Å². The van der Waals surface area contributed by atoms with Crippen LogP contribution in [0.5, 0.6) is 5.75 Å². The van der Waals surface area contributed by atoms with Crippen LogP contribution in [0.4, 0.5) is 0 Å². The summed E-state index contributed by atoms with van der Waals surface area (Å²) >= 11 is 1.57. The largest absolute Gasteiger partial charge is 0.486 e. The highest BCUT2D eigenvalue weighted by atomic mass is 32.1. The van der Waals surface area contributed by atoms with E-state index in [1.807, 2.05) is 36.5 Å². The Bertz CT molecular complexity index is 712. The van der Waals surface area contributed by atoms with Crippen LogP contribution >= 0.6 is 11.3 Å². The van der Waals surface area contributed by atoms with E-state index >= 15 is 0 Å². The Morgan fingerprint density at radius 2 is 2.00 bits per heavy atom. The summed E-state index contributed by atoms with van der Waals surface area (Å²) in [5.41, 5.74) is 3.29. The normalized spacial score (nSPS) is 11.0. The monoisotopic (exact) mass is 361 g/mol. The van der Waals surface area contributed by atoms with Crippen molar-refractivity contribution in [3.63, 3.8) is 0 Å². The Morgan fingerprint density at radius 3 is 2.68 bits per heavy atom. The lowest BCUT2D eigenvalue weighted by Gasteiger charge is -2.22. The number of amides is 1. The molecule has 0 saturated carbocycles. The van der Waals surface area contributed by atoms with Crippen LogP contribution < -0.4 is 4.74 Å². The number of aromatic nitrogens is 1. The van der Waals surface area contributed by atoms with E-state index in [4.69, 9.17) is 4.74 Å². The van der Waals surface area contributed by atoms with Gasteiger partial charge in [0.1, 0.15) is 17.4 Å². The van der Waals surface area contributed by atoms with Crippen molar-refractivity contribution in [1.82, 2.24) is 14.8 Å². The number of benzene rings is 1. The molecule has 0 aliphatic rings. The van der Waals surface area contributed by atoms with Gasteiger partial charge in [-0.2, -0.15) is 0 Å². The van der Waals surface area contributed by atoms with Crippen LogP contribution in [0.2, 0.25) is 0 Å². The van der Waals surface area contributed by atoms with Crippen LogP contribution in [0.3, 0.4) is 0 Å². The Hall–Kier alpha value is -1.92. The van der Waals surface area contributed by atoms with E-state index < -0.39 is 0 Å². The van der Waals surface area contributed by atoms with E-state index in [2.05, 4.69) is 29.8 Å². The van der Waals surface area contributed by atoms with Crippen LogP contribution in [0.1, 0.15) is 28.8 Å². The van der Waals surface area contributed by atoms with Gasteiger partial charge in [-0.15, -0.1) is 11.3 Å². The molecular formula is C19H27N3O2S. The molecule has 0 bridgehead atoms. The van der Waals surface area contributed by atoms with E-state index in [1.165, 1.54) is 5.56 Å². The van der Waals surface area contributed by atoms with Crippen LogP contribution in [-0.2, 0) is 17.9 Å². The summed E-state index contributed by atoms with van der Waals surface area (Å²) < 4.78 is 5.91. The van der Waals surface area contributed by atoms with Crippen molar-refractivity contribution in [1.29, 1.82) is 0 Å². The lowest BCUT2D eigenvalue weighted by Crippen LogP contribution is -2.34. The van der Waals surface area contributed by atoms with Crippen molar-refractivity contribution in [3.8, 4) is 5.75 Å². The Balaban J connectivity index is 1.94. The van der Waals surface area contributed by atoms with Crippen molar-refractivity contribution in [3.05, 3.63) is 45.4 Å². The maximum atomic E-state index is 11.8. The molecule has 0 N–H and O–H groups in total. The number of carbonyl (C=O) groups excluding carboxylic acids is 1. The topological polar surface area (TPSA) is 45.7 Å². The maximum absolute atomic E-state index is 11.8. The SMILES string of the molecule is CC(=O)N(CCN(C)C)Cc1csc(COc2cccc(C)c2C)n1. The van der Waals surface area contributed by atoms with Crippen LogP contribution in [0.15, 0.2) is 23.6 Å². The highest BCUT2D eigenvalue weighted by Gasteiger charge is 2.12. The lowest BCUT2D eigenvalue weighted by molar-refractivity contribution is -0.129. The molecule has 25 heavy (non-hydrogen) atoms. The molecule has 1 aromatic heterocycles. The van der Waals surface area contributed by atoms with Crippen molar-refractivity contribution in [2.45, 2.75) is 33.9 Å². The summed E-state index contributed by atoms with van der Waals surface area (Å²) in [5, 5.41) is 2.93. The van der Waals surface area contributed by atoms with Crippen molar-refractivity contribution < 1.29 is 9.53 Å². The molecule has 0 fully saturated rings. The van der Waals surface area contributed by atoms with Gasteiger partial charge in [0, 0.05) is 25.4 Å². The highest BCUT2D eigenvalue weighted by molar-refractivity contribution is 7.09. The molecule has 0 radical (unpaired) electrons. The Labute approximate surface area is 154 Å². The first-order chi connectivity index (χ1) is 11.9. The molecular weight excluding hydrogens is 334 g/mol. The number of carbonyl (C=O) groups is 1. The smallest absolute Gasteiger partial charge is 0.219 e. The van der Waals surface area contributed by atoms with E-state index in [-0.39, 0.29) is 5.91 Å². The molecule has 5 nitrogen and oxygen atoms in total. The second kappa shape index (κ2) is 8.97. The van der Waals surface area contributed by atoms with Gasteiger partial charge >= 0.3 is 0 Å². The molecule has 1 aromatic carbocycles. The third kappa shape index (κ3) is 5.83. The zero-order chi connectivity index (χ0) is 18.4. The number of hydrogen-bond donors (Lipinski definition) is 0. The second-order valence-corrected chi connectivity index (χ2v) is 7.41. The molecule has 2 aromatic rings. The average Bonchev–Trinajstić information content (AvgIpc) is 3.00. The molecule has 1 amide bonds. The standard InChI is InChI=1S/C19H27N3O2S/c1-14-7-6-8-18(15(14)2)24-12-19-20-17(13-25-19)11-22(16(3)23)10-9-21(4)5/h6-8,13H,9-12H2,1-5H3. The second-order valence-electron chi connectivity index (χ2n) is 6.46. The number of nitrogens with zero attached hydrogens (tertiary/aromatic N) is 3. The minimum absolute atomic E-state index is 0.0723. The summed E-state index contributed by atoms with van der Waals surface area (Å²) in [6, 6.07) is 6.06. The van der Waals surface area contributed by atoms with E-state index in [0.29, 0.717) is 19.7 Å². The van der Waals surface area contributed by atoms with Gasteiger partial charge in [-0.1, -0.05) is 12.1 Å². The lowest BCUT2D eigenvalue weighted by atomic mass is 10.1. The third-order valence-corrected chi connectivity index (χ3v) is 4.99. The van der Waals surface area contributed by atoms with Crippen molar-refractivity contribution in [2.24, 2.45) is 0 Å². The third-order valence-electron chi connectivity index (χ3n) is 4.12. The molecule has 0 aliphatic heterocycles. The zero-order valence-electron chi connectivity index (χ0n) is 15.7. The molecule has 1 heterocycles.